The van der Waals surface area contributed by atoms with Gasteiger partial charge in [-0.25, -0.2) is 17.6 Å². The van der Waals surface area contributed by atoms with Gasteiger partial charge in [0.2, 0.25) is 15.9 Å². The summed E-state index contributed by atoms with van der Waals surface area (Å²) in [4.78, 5) is 27.7. The number of esters is 1. The largest absolute Gasteiger partial charge is 0.465 e. The molecule has 1 aromatic heterocycles. The fourth-order valence-corrected chi connectivity index (χ4v) is 5.84. The lowest BCUT2D eigenvalue weighted by molar-refractivity contribution is -0.120. The lowest BCUT2D eigenvalue weighted by atomic mass is 9.98. The number of anilines is 1. The van der Waals surface area contributed by atoms with Crippen molar-refractivity contribution in [3.63, 3.8) is 0 Å². The molecule has 1 aliphatic heterocycles. The lowest BCUT2D eigenvalue weighted by Crippen LogP contribution is -2.44. The Labute approximate surface area is 180 Å². The maximum Gasteiger partial charge on any atom is 0.341 e. The first-order valence-corrected chi connectivity index (χ1v) is 11.3. The molecule has 2 aromatic rings. The van der Waals surface area contributed by atoms with Crippen LogP contribution in [0.1, 0.15) is 40.2 Å². The molecule has 0 spiro atoms. The van der Waals surface area contributed by atoms with Crippen LogP contribution in [0.15, 0.2) is 23.1 Å². The molecule has 1 amide bonds. The number of hydrogen-bond donors (Lipinski definition) is 2. The molecule has 168 valence electrons. The van der Waals surface area contributed by atoms with Gasteiger partial charge in [0.15, 0.2) is 0 Å². The molecule has 10 heteroatoms. The molecule has 2 heterocycles. The summed E-state index contributed by atoms with van der Waals surface area (Å²) in [6, 6.07) is 4.26. The number of aryl methyl sites for hydroxylation is 3. The second-order valence-electron chi connectivity index (χ2n) is 7.73. The van der Waals surface area contributed by atoms with Gasteiger partial charge in [-0.05, 0) is 57.4 Å². The van der Waals surface area contributed by atoms with Crippen LogP contribution in [0.3, 0.4) is 0 Å². The molecule has 0 saturated carbocycles. The summed E-state index contributed by atoms with van der Waals surface area (Å²) in [5.74, 6) is -2.01. The number of nitrogens with zero attached hydrogens (tertiary/aromatic N) is 1. The van der Waals surface area contributed by atoms with Gasteiger partial charge in [0, 0.05) is 30.2 Å². The molecule has 1 aromatic carbocycles. The minimum absolute atomic E-state index is 0.0153. The fourth-order valence-electron chi connectivity index (χ4n) is 3.90. The normalized spacial score (nSPS) is 17.4. The van der Waals surface area contributed by atoms with E-state index < -0.39 is 21.9 Å². The molecule has 2 N–H and O–H groups in total. The first-order chi connectivity index (χ1) is 14.6. The molecule has 1 saturated heterocycles. The summed E-state index contributed by atoms with van der Waals surface area (Å²) in [5.41, 5.74) is 1.58. The third-order valence-corrected chi connectivity index (χ3v) is 7.52. The number of rotatable bonds is 5. The number of benzene rings is 1. The molecular weight excluding hydrogens is 425 g/mol. The minimum Gasteiger partial charge on any atom is -0.465 e. The van der Waals surface area contributed by atoms with Crippen LogP contribution in [0.25, 0.3) is 0 Å². The van der Waals surface area contributed by atoms with Gasteiger partial charge in [-0.2, -0.15) is 4.31 Å². The van der Waals surface area contributed by atoms with Gasteiger partial charge in [0.1, 0.15) is 16.3 Å². The molecule has 1 fully saturated rings. The number of carbonyl (C=O) groups excluding carboxylic acids is 2. The Morgan fingerprint density at radius 3 is 2.58 bits per heavy atom. The monoisotopic (exact) mass is 451 g/mol. The molecule has 0 radical (unpaired) electrons. The minimum atomic E-state index is -4.04. The van der Waals surface area contributed by atoms with Crippen molar-refractivity contribution in [1.29, 1.82) is 0 Å². The van der Waals surface area contributed by atoms with Crippen molar-refractivity contribution in [3.8, 4) is 0 Å². The number of amides is 1. The Balaban J connectivity index is 1.84. The fraction of sp³-hybridized carbons (Fsp3) is 0.429. The van der Waals surface area contributed by atoms with Crippen LogP contribution in [-0.4, -0.2) is 49.8 Å². The molecule has 1 unspecified atom stereocenters. The first-order valence-electron chi connectivity index (χ1n) is 9.91. The van der Waals surface area contributed by atoms with Gasteiger partial charge in [-0.1, -0.05) is 0 Å². The topological polar surface area (TPSA) is 109 Å². The van der Waals surface area contributed by atoms with Crippen LogP contribution >= 0.6 is 0 Å². The van der Waals surface area contributed by atoms with E-state index in [1.165, 1.54) is 29.6 Å². The second-order valence-corrected chi connectivity index (χ2v) is 9.60. The van der Waals surface area contributed by atoms with Crippen molar-refractivity contribution in [2.45, 2.75) is 38.5 Å². The zero-order valence-electron chi connectivity index (χ0n) is 17.9. The number of piperidine rings is 1. The Hall–Kier alpha value is -2.72. The summed E-state index contributed by atoms with van der Waals surface area (Å²) < 4.78 is 46.3. The van der Waals surface area contributed by atoms with Crippen LogP contribution in [0.5, 0.6) is 0 Å². The Kier molecular flexibility index (Phi) is 6.51. The zero-order chi connectivity index (χ0) is 22.9. The lowest BCUT2D eigenvalue weighted by Gasteiger charge is -2.31. The van der Waals surface area contributed by atoms with Gasteiger partial charge in [0.05, 0.1) is 13.0 Å². The van der Waals surface area contributed by atoms with Crippen molar-refractivity contribution in [1.82, 2.24) is 9.29 Å². The van der Waals surface area contributed by atoms with E-state index in [2.05, 4.69) is 10.3 Å². The maximum atomic E-state index is 13.5. The second kappa shape index (κ2) is 8.80. The van der Waals surface area contributed by atoms with Gasteiger partial charge >= 0.3 is 5.97 Å². The summed E-state index contributed by atoms with van der Waals surface area (Å²) in [6.45, 7) is 5.01. The van der Waals surface area contributed by atoms with Crippen molar-refractivity contribution < 1.29 is 27.1 Å². The SMILES string of the molecule is COC(=O)c1c(C)[nH]c(C)c1S(=O)(=O)N1CCCC(C(=O)Nc2ccc(F)c(C)c2)C1. The van der Waals surface area contributed by atoms with Crippen molar-refractivity contribution in [3.05, 3.63) is 46.5 Å². The molecule has 31 heavy (non-hydrogen) atoms. The summed E-state index contributed by atoms with van der Waals surface area (Å²) in [6.07, 6.45) is 1.02. The van der Waals surface area contributed by atoms with Gasteiger partial charge < -0.3 is 15.0 Å². The van der Waals surface area contributed by atoms with Crippen LogP contribution < -0.4 is 5.32 Å². The number of nitrogens with one attached hydrogen (secondary N) is 2. The van der Waals surface area contributed by atoms with Gasteiger partial charge in [-0.3, -0.25) is 4.79 Å². The van der Waals surface area contributed by atoms with E-state index in [0.717, 1.165) is 0 Å². The van der Waals surface area contributed by atoms with E-state index in [4.69, 9.17) is 4.74 Å². The van der Waals surface area contributed by atoms with E-state index in [9.17, 15) is 22.4 Å². The maximum absolute atomic E-state index is 13.5. The van der Waals surface area contributed by atoms with E-state index in [1.807, 2.05) is 0 Å². The predicted molar refractivity (Wildman–Crippen MR) is 113 cm³/mol. The smallest absolute Gasteiger partial charge is 0.341 e. The molecule has 8 nitrogen and oxygen atoms in total. The number of sulfonamides is 1. The number of methoxy groups -OCH3 is 1. The number of halogens is 1. The van der Waals surface area contributed by atoms with Crippen molar-refractivity contribution in [2.75, 3.05) is 25.5 Å². The third-order valence-electron chi connectivity index (χ3n) is 5.49. The zero-order valence-corrected chi connectivity index (χ0v) is 18.7. The molecule has 0 aliphatic carbocycles. The summed E-state index contributed by atoms with van der Waals surface area (Å²) in [5, 5.41) is 2.74. The van der Waals surface area contributed by atoms with Crippen LogP contribution in [0.4, 0.5) is 10.1 Å². The van der Waals surface area contributed by atoms with E-state index in [-0.39, 0.29) is 35.3 Å². The molecule has 3 rings (SSSR count). The first kappa shape index (κ1) is 23.0. The number of hydrogen-bond acceptors (Lipinski definition) is 5. The Morgan fingerprint density at radius 2 is 1.94 bits per heavy atom. The Bertz CT molecular complexity index is 1130. The molecule has 0 bridgehead atoms. The van der Waals surface area contributed by atoms with Crippen LogP contribution in [-0.2, 0) is 19.6 Å². The number of H-pyrrole nitrogens is 1. The Morgan fingerprint density at radius 1 is 1.23 bits per heavy atom. The van der Waals surface area contributed by atoms with Gasteiger partial charge in [0.25, 0.3) is 0 Å². The quantitative estimate of drug-likeness (QED) is 0.680. The number of ether oxygens (including phenoxy) is 1. The average molecular weight is 452 g/mol. The van der Waals surface area contributed by atoms with Crippen molar-refractivity contribution in [2.24, 2.45) is 5.92 Å². The average Bonchev–Trinajstić information content (AvgIpc) is 3.04. The van der Waals surface area contributed by atoms with Crippen LogP contribution in [0, 0.1) is 32.5 Å². The highest BCUT2D eigenvalue weighted by Crippen LogP contribution is 2.31. The van der Waals surface area contributed by atoms with E-state index >= 15 is 0 Å². The van der Waals surface area contributed by atoms with Gasteiger partial charge in [-0.15, -0.1) is 0 Å². The summed E-state index contributed by atoms with van der Waals surface area (Å²) in [7, 11) is -2.84. The molecule has 1 aliphatic rings. The van der Waals surface area contributed by atoms with E-state index in [0.29, 0.717) is 35.5 Å². The highest BCUT2D eigenvalue weighted by atomic mass is 32.2. The number of aromatic nitrogens is 1. The molecule has 1 atom stereocenters. The number of aromatic amines is 1. The predicted octanol–water partition coefficient (Wildman–Crippen LogP) is 2.91. The standard InChI is InChI=1S/C21H26FN3O5S/c1-12-10-16(7-8-17(12)22)24-20(26)15-6-5-9-25(11-15)31(28,29)19-14(3)23-13(2)18(19)21(27)30-4/h7-8,10,15,23H,5-6,9,11H2,1-4H3,(H,24,26). The van der Waals surface area contributed by atoms with Crippen molar-refractivity contribution >= 4 is 27.6 Å². The highest BCUT2D eigenvalue weighted by molar-refractivity contribution is 7.89. The van der Waals surface area contributed by atoms with Crippen LogP contribution in [0.2, 0.25) is 0 Å². The van der Waals surface area contributed by atoms with E-state index in [1.54, 1.807) is 20.8 Å². The number of carbonyl (C=O) groups is 2. The third kappa shape index (κ3) is 4.49. The summed E-state index contributed by atoms with van der Waals surface area (Å²) >= 11 is 0. The molecular formula is C21H26FN3O5S. The highest BCUT2D eigenvalue weighted by Gasteiger charge is 2.38.